The Morgan fingerprint density at radius 3 is 2.28 bits per heavy atom. The molecule has 0 radical (unpaired) electrons. The number of carbonyl (C=O) groups is 2. The van der Waals surface area contributed by atoms with Gasteiger partial charge in [0.2, 0.25) is 0 Å². The van der Waals surface area contributed by atoms with Crippen molar-refractivity contribution in [1.82, 2.24) is 4.37 Å². The zero-order valence-corrected chi connectivity index (χ0v) is 15.9. The van der Waals surface area contributed by atoms with Crippen LogP contribution in [0.5, 0.6) is 0 Å². The van der Waals surface area contributed by atoms with Gasteiger partial charge in [-0.3, -0.25) is 4.79 Å². The molecule has 4 bridgehead atoms. The zero-order chi connectivity index (χ0) is 17.8. The second-order valence-corrected chi connectivity index (χ2v) is 9.11. The molecule has 0 unspecified atom stereocenters. The summed E-state index contributed by atoms with van der Waals surface area (Å²) in [6, 6.07) is 0. The Morgan fingerprint density at radius 2 is 1.76 bits per heavy atom. The van der Waals surface area contributed by atoms with Gasteiger partial charge >= 0.3 is 5.97 Å². The van der Waals surface area contributed by atoms with E-state index in [-0.39, 0.29) is 11.2 Å². The minimum absolute atomic E-state index is 0.145. The van der Waals surface area contributed by atoms with Gasteiger partial charge in [-0.25, -0.2) is 4.79 Å². The third-order valence-electron chi connectivity index (χ3n) is 6.51. The fraction of sp³-hybridized carbons (Fsp3) is 0.737. The lowest BCUT2D eigenvalue weighted by Gasteiger charge is -2.56. The quantitative estimate of drug-likeness (QED) is 0.807. The molecule has 0 amide bonds. The maximum absolute atomic E-state index is 13.2. The Morgan fingerprint density at radius 1 is 1.20 bits per heavy atom. The number of nitrogens with zero attached hydrogens (tertiary/aromatic N) is 1. The summed E-state index contributed by atoms with van der Waals surface area (Å²) in [5.74, 6) is 1.82. The second-order valence-electron chi connectivity index (χ2n) is 8.33. The molecule has 1 atom stereocenters. The smallest absolute Gasteiger partial charge is 0.343 e. The van der Waals surface area contributed by atoms with Gasteiger partial charge in [-0.05, 0) is 81.7 Å². The van der Waals surface area contributed by atoms with Gasteiger partial charge in [0.15, 0.2) is 11.9 Å². The van der Waals surface area contributed by atoms with Crippen molar-refractivity contribution in [2.24, 2.45) is 23.2 Å². The van der Waals surface area contributed by atoms with Crippen molar-refractivity contribution in [3.05, 3.63) is 11.3 Å². The molecule has 1 N–H and O–H groups in total. The summed E-state index contributed by atoms with van der Waals surface area (Å²) in [4.78, 5) is 25.8. The maximum Gasteiger partial charge on any atom is 0.343 e. The van der Waals surface area contributed by atoms with Crippen LogP contribution in [0.3, 0.4) is 0 Å². The van der Waals surface area contributed by atoms with Crippen molar-refractivity contribution in [2.45, 2.75) is 58.5 Å². The number of rotatable bonds is 5. The molecule has 1 heterocycles. The summed E-state index contributed by atoms with van der Waals surface area (Å²) >= 11 is 1.24. The van der Waals surface area contributed by atoms with Crippen LogP contribution in [0.1, 0.15) is 61.5 Å². The number of Topliss-reactive ketones (excluding diaryl/α,β-unsaturated/α-hetero) is 1. The van der Waals surface area contributed by atoms with Gasteiger partial charge in [-0.15, -0.1) is 0 Å². The first-order chi connectivity index (χ1) is 11.9. The Bertz CT molecular complexity index is 676. The fourth-order valence-corrected chi connectivity index (χ4v) is 6.63. The van der Waals surface area contributed by atoms with Gasteiger partial charge in [-0.1, -0.05) is 0 Å². The lowest BCUT2D eigenvalue weighted by Crippen LogP contribution is -2.52. The van der Waals surface area contributed by atoms with Crippen LogP contribution in [-0.4, -0.2) is 29.3 Å². The van der Waals surface area contributed by atoms with Crippen LogP contribution in [0.2, 0.25) is 0 Å². The number of aromatic nitrogens is 1. The molecule has 0 aliphatic heterocycles. The van der Waals surface area contributed by atoms with Crippen LogP contribution < -0.4 is 5.32 Å². The molecule has 6 heteroatoms. The topological polar surface area (TPSA) is 68.3 Å². The maximum atomic E-state index is 13.2. The zero-order valence-electron chi connectivity index (χ0n) is 15.1. The van der Waals surface area contributed by atoms with Gasteiger partial charge in [0, 0.05) is 12.5 Å². The lowest BCUT2D eigenvalue weighted by atomic mass is 9.48. The molecule has 5 rings (SSSR count). The molecule has 1 aromatic rings. The van der Waals surface area contributed by atoms with E-state index in [4.69, 9.17) is 4.74 Å². The SMILES string of the molecule is CNc1snc(C)c1C(=O)O[C@H](C)C(=O)C12CC3CC(CC(C3)C1)C2. The highest BCUT2D eigenvalue weighted by Gasteiger charge is 2.55. The number of esters is 1. The number of nitrogens with one attached hydrogen (secondary N) is 1. The van der Waals surface area contributed by atoms with E-state index in [1.807, 2.05) is 0 Å². The van der Waals surface area contributed by atoms with Crippen LogP contribution in [-0.2, 0) is 9.53 Å². The Hall–Kier alpha value is -1.43. The van der Waals surface area contributed by atoms with Crippen molar-refractivity contribution in [2.75, 3.05) is 12.4 Å². The Balaban J connectivity index is 1.49. The summed E-state index contributed by atoms with van der Waals surface area (Å²) in [6.45, 7) is 3.53. The molecule has 5 nitrogen and oxygen atoms in total. The highest BCUT2D eigenvalue weighted by molar-refractivity contribution is 7.10. The molecule has 0 saturated heterocycles. The first-order valence-electron chi connectivity index (χ1n) is 9.31. The molecule has 4 aliphatic rings. The fourth-order valence-electron chi connectivity index (χ4n) is 5.90. The molecular formula is C19H26N2O3S. The van der Waals surface area contributed by atoms with Crippen molar-refractivity contribution in [3.8, 4) is 0 Å². The molecule has 25 heavy (non-hydrogen) atoms. The van der Waals surface area contributed by atoms with E-state index < -0.39 is 12.1 Å². The van der Waals surface area contributed by atoms with Crippen molar-refractivity contribution < 1.29 is 14.3 Å². The van der Waals surface area contributed by atoms with Gasteiger partial charge in [0.1, 0.15) is 10.6 Å². The van der Waals surface area contributed by atoms with Crippen molar-refractivity contribution >= 4 is 28.3 Å². The normalized spacial score (nSPS) is 34.0. The number of aryl methyl sites for hydroxylation is 1. The second kappa shape index (κ2) is 6.08. The van der Waals surface area contributed by atoms with E-state index in [9.17, 15) is 9.59 Å². The van der Waals surface area contributed by atoms with Crippen molar-refractivity contribution in [3.63, 3.8) is 0 Å². The molecule has 4 aliphatic carbocycles. The first-order valence-corrected chi connectivity index (χ1v) is 10.1. The lowest BCUT2D eigenvalue weighted by molar-refractivity contribution is -0.152. The van der Waals surface area contributed by atoms with Crippen LogP contribution in [0, 0.1) is 30.1 Å². The molecule has 0 aromatic carbocycles. The molecule has 0 spiro atoms. The Kier molecular flexibility index (Phi) is 4.13. The van der Waals surface area contributed by atoms with Crippen LogP contribution in [0.25, 0.3) is 0 Å². The average Bonchev–Trinajstić information content (AvgIpc) is 2.93. The van der Waals surface area contributed by atoms with E-state index in [0.29, 0.717) is 34.0 Å². The van der Waals surface area contributed by atoms with Crippen LogP contribution in [0.15, 0.2) is 0 Å². The molecule has 4 fully saturated rings. The first kappa shape index (κ1) is 17.0. The minimum Gasteiger partial charge on any atom is -0.451 e. The number of hydrogen-bond acceptors (Lipinski definition) is 6. The largest absolute Gasteiger partial charge is 0.451 e. The highest BCUT2D eigenvalue weighted by atomic mass is 32.1. The van der Waals surface area contributed by atoms with Crippen molar-refractivity contribution in [1.29, 1.82) is 0 Å². The van der Waals surface area contributed by atoms with E-state index in [0.717, 1.165) is 19.3 Å². The number of ether oxygens (including phenoxy) is 1. The number of anilines is 1. The molecule has 4 saturated carbocycles. The summed E-state index contributed by atoms with van der Waals surface area (Å²) in [5, 5.41) is 3.67. The van der Waals surface area contributed by atoms with E-state index in [1.165, 1.54) is 30.8 Å². The van der Waals surface area contributed by atoms with Gasteiger partial charge in [-0.2, -0.15) is 4.37 Å². The summed E-state index contributed by atoms with van der Waals surface area (Å²) in [6.07, 6.45) is 6.21. The number of carbonyl (C=O) groups excluding carboxylic acids is 2. The standard InChI is InChI=1S/C19H26N2O3S/c1-10-15(17(20-3)25-21-10)18(23)24-11(2)16(22)19-7-12-4-13(8-19)6-14(5-12)9-19/h11-14,20H,4-9H2,1-3H3/t11-,12?,13?,14?,19?/m1/s1. The summed E-state index contributed by atoms with van der Waals surface area (Å²) < 4.78 is 9.82. The van der Waals surface area contributed by atoms with Crippen LogP contribution in [0.4, 0.5) is 5.00 Å². The van der Waals surface area contributed by atoms with E-state index in [2.05, 4.69) is 9.69 Å². The molecule has 136 valence electrons. The summed E-state index contributed by atoms with van der Waals surface area (Å²) in [5.41, 5.74) is 0.869. The number of hydrogen-bond donors (Lipinski definition) is 1. The predicted molar refractivity (Wildman–Crippen MR) is 96.9 cm³/mol. The highest BCUT2D eigenvalue weighted by Crippen LogP contribution is 2.60. The van der Waals surface area contributed by atoms with E-state index in [1.54, 1.807) is 20.9 Å². The van der Waals surface area contributed by atoms with Gasteiger partial charge < -0.3 is 10.1 Å². The monoisotopic (exact) mass is 362 g/mol. The third-order valence-corrected chi connectivity index (χ3v) is 7.46. The van der Waals surface area contributed by atoms with E-state index >= 15 is 0 Å². The number of ketones is 1. The average molecular weight is 362 g/mol. The third kappa shape index (κ3) is 2.78. The predicted octanol–water partition coefficient (Wildman–Crippen LogP) is 3.82. The Labute approximate surface area is 152 Å². The van der Waals surface area contributed by atoms with Gasteiger partial charge in [0.25, 0.3) is 0 Å². The van der Waals surface area contributed by atoms with Crippen LogP contribution >= 0.6 is 11.5 Å². The molecule has 1 aromatic heterocycles. The van der Waals surface area contributed by atoms with Gasteiger partial charge in [0.05, 0.1) is 5.69 Å². The summed E-state index contributed by atoms with van der Waals surface area (Å²) in [7, 11) is 1.76. The minimum atomic E-state index is -0.687. The molecular weight excluding hydrogens is 336 g/mol.